The lowest BCUT2D eigenvalue weighted by atomic mass is 10.0. The van der Waals surface area contributed by atoms with Crippen LogP contribution in [0.15, 0.2) is 36.5 Å². The maximum atomic E-state index is 12.4. The fourth-order valence-electron chi connectivity index (χ4n) is 8.15. The van der Waals surface area contributed by atoms with Gasteiger partial charge in [-0.1, -0.05) is 237 Å². The number of amides is 1. The van der Waals surface area contributed by atoms with E-state index in [1.54, 1.807) is 6.08 Å². The van der Waals surface area contributed by atoms with Crippen molar-refractivity contribution in [2.24, 2.45) is 0 Å². The first-order chi connectivity index (χ1) is 30.5. The van der Waals surface area contributed by atoms with Gasteiger partial charge >= 0.3 is 5.97 Å². The zero-order chi connectivity index (χ0) is 45.1. The summed E-state index contributed by atoms with van der Waals surface area (Å²) in [5.74, 6) is -0.177. The van der Waals surface area contributed by atoms with Crippen LogP contribution in [0.5, 0.6) is 0 Å². The molecule has 6 heteroatoms. The van der Waals surface area contributed by atoms with E-state index in [0.29, 0.717) is 19.4 Å². The minimum Gasteiger partial charge on any atom is -0.466 e. The number of allylic oxidation sites excluding steroid dienone is 5. The highest BCUT2D eigenvalue weighted by atomic mass is 16.5. The molecule has 1 amide bonds. The molecule has 0 aliphatic heterocycles. The van der Waals surface area contributed by atoms with E-state index < -0.39 is 12.1 Å². The molecule has 6 nitrogen and oxygen atoms in total. The van der Waals surface area contributed by atoms with E-state index in [2.05, 4.69) is 43.5 Å². The van der Waals surface area contributed by atoms with Crippen LogP contribution >= 0.6 is 0 Å². The molecule has 2 unspecified atom stereocenters. The lowest BCUT2D eigenvalue weighted by molar-refractivity contribution is -0.143. The zero-order valence-electron chi connectivity index (χ0n) is 41.4. The minimum absolute atomic E-state index is 0.0489. The van der Waals surface area contributed by atoms with Gasteiger partial charge in [-0.2, -0.15) is 0 Å². The standard InChI is InChI=1S/C56H105NO5/c1-3-5-7-9-11-13-15-16-17-18-19-20-21-22-23-24-25-26-27-28-30-32-36-40-44-48-54(59)53(52-58)57-55(60)49-45-41-37-33-31-35-39-43-47-51-62-56(61)50-46-42-38-34-29-14-12-10-8-6-4-2/h10,12,33,37,44,48,53-54,58-59H,3-9,11,13-32,34-36,38-43,45-47,49-52H2,1-2H3,(H,57,60)/b12-10-,37-33-,48-44+. The Morgan fingerprint density at radius 3 is 1.23 bits per heavy atom. The van der Waals surface area contributed by atoms with Gasteiger partial charge in [0.1, 0.15) is 0 Å². The van der Waals surface area contributed by atoms with Gasteiger partial charge in [0, 0.05) is 12.8 Å². The lowest BCUT2D eigenvalue weighted by Gasteiger charge is -2.19. The fraction of sp³-hybridized carbons (Fsp3) is 0.857. The van der Waals surface area contributed by atoms with Gasteiger partial charge in [-0.3, -0.25) is 9.59 Å². The summed E-state index contributed by atoms with van der Waals surface area (Å²) in [6.07, 6.45) is 63.2. The van der Waals surface area contributed by atoms with Gasteiger partial charge in [0.25, 0.3) is 0 Å². The number of ether oxygens (including phenoxy) is 1. The van der Waals surface area contributed by atoms with Crippen LogP contribution in [0.25, 0.3) is 0 Å². The molecule has 0 saturated carbocycles. The van der Waals surface area contributed by atoms with Gasteiger partial charge in [-0.15, -0.1) is 0 Å². The highest BCUT2D eigenvalue weighted by Gasteiger charge is 2.17. The van der Waals surface area contributed by atoms with Crippen molar-refractivity contribution in [3.8, 4) is 0 Å². The molecular formula is C56H105NO5. The van der Waals surface area contributed by atoms with Crippen LogP contribution < -0.4 is 5.32 Å². The predicted molar refractivity (Wildman–Crippen MR) is 269 cm³/mol. The number of hydrogen-bond donors (Lipinski definition) is 3. The molecule has 2 atom stereocenters. The SMILES string of the molecule is CCCC/C=C\CCCCCCCC(=O)OCCCCCC/C=C\CCCC(=O)NC(CO)C(O)/C=C/CCCCCCCCCCCCCCCCCCCCCCCCC. The molecule has 0 aromatic heterocycles. The summed E-state index contributed by atoms with van der Waals surface area (Å²) < 4.78 is 5.41. The number of unbranched alkanes of at least 4 members (excludes halogenated alkanes) is 35. The van der Waals surface area contributed by atoms with Crippen LogP contribution in [0.1, 0.15) is 284 Å². The van der Waals surface area contributed by atoms with Crippen LogP contribution in [0.4, 0.5) is 0 Å². The molecule has 0 aromatic rings. The molecule has 0 aliphatic carbocycles. The zero-order valence-corrected chi connectivity index (χ0v) is 41.4. The van der Waals surface area contributed by atoms with E-state index in [4.69, 9.17) is 4.74 Å². The monoisotopic (exact) mass is 872 g/mol. The van der Waals surface area contributed by atoms with Crippen molar-refractivity contribution < 1.29 is 24.5 Å². The van der Waals surface area contributed by atoms with Gasteiger partial charge in [0.05, 0.1) is 25.4 Å². The van der Waals surface area contributed by atoms with Gasteiger partial charge in [0.2, 0.25) is 5.91 Å². The summed E-state index contributed by atoms with van der Waals surface area (Å²) in [6, 6.07) is -0.667. The highest BCUT2D eigenvalue weighted by molar-refractivity contribution is 5.76. The van der Waals surface area contributed by atoms with Crippen molar-refractivity contribution in [1.29, 1.82) is 0 Å². The average Bonchev–Trinajstić information content (AvgIpc) is 3.27. The Hall–Kier alpha value is -1.92. The van der Waals surface area contributed by atoms with Gasteiger partial charge in [-0.25, -0.2) is 0 Å². The summed E-state index contributed by atoms with van der Waals surface area (Å²) in [5, 5.41) is 23.1. The Labute approximate surface area is 385 Å². The predicted octanol–water partition coefficient (Wildman–Crippen LogP) is 16.5. The molecule has 62 heavy (non-hydrogen) atoms. The van der Waals surface area contributed by atoms with Crippen molar-refractivity contribution in [3.05, 3.63) is 36.5 Å². The Morgan fingerprint density at radius 1 is 0.435 bits per heavy atom. The first-order valence-electron chi connectivity index (χ1n) is 27.3. The molecule has 0 saturated heterocycles. The first kappa shape index (κ1) is 60.1. The summed E-state index contributed by atoms with van der Waals surface area (Å²) >= 11 is 0. The van der Waals surface area contributed by atoms with E-state index in [1.165, 1.54) is 186 Å². The van der Waals surface area contributed by atoms with Crippen molar-refractivity contribution in [3.63, 3.8) is 0 Å². The minimum atomic E-state index is -0.877. The number of esters is 1. The Balaban J connectivity index is 3.56. The maximum Gasteiger partial charge on any atom is 0.305 e. The fourth-order valence-corrected chi connectivity index (χ4v) is 8.15. The number of carbonyl (C=O) groups excluding carboxylic acids is 2. The van der Waals surface area contributed by atoms with Gasteiger partial charge in [-0.05, 0) is 70.6 Å². The van der Waals surface area contributed by atoms with Crippen molar-refractivity contribution in [2.45, 2.75) is 296 Å². The number of aliphatic hydroxyl groups excluding tert-OH is 2. The van der Waals surface area contributed by atoms with Crippen molar-refractivity contribution in [2.75, 3.05) is 13.2 Å². The largest absolute Gasteiger partial charge is 0.466 e. The van der Waals surface area contributed by atoms with Crippen molar-refractivity contribution in [1.82, 2.24) is 5.32 Å². The normalized spacial score (nSPS) is 12.9. The van der Waals surface area contributed by atoms with E-state index in [9.17, 15) is 19.8 Å². The number of nitrogens with one attached hydrogen (secondary N) is 1. The molecule has 0 aromatic carbocycles. The Kier molecular flexibility index (Phi) is 50.1. The average molecular weight is 872 g/mol. The molecule has 0 aliphatic rings. The highest BCUT2D eigenvalue weighted by Crippen LogP contribution is 2.16. The van der Waals surface area contributed by atoms with E-state index in [-0.39, 0.29) is 18.5 Å². The molecule has 0 spiro atoms. The second-order valence-corrected chi connectivity index (χ2v) is 18.5. The van der Waals surface area contributed by atoms with Crippen LogP contribution in [0, 0.1) is 0 Å². The lowest BCUT2D eigenvalue weighted by Crippen LogP contribution is -2.45. The molecule has 0 rings (SSSR count). The third-order valence-electron chi connectivity index (χ3n) is 12.4. The van der Waals surface area contributed by atoms with E-state index in [0.717, 1.165) is 70.6 Å². The Morgan fingerprint density at radius 2 is 0.790 bits per heavy atom. The Bertz CT molecular complexity index is 1010. The van der Waals surface area contributed by atoms with Crippen LogP contribution in [-0.2, 0) is 14.3 Å². The summed E-state index contributed by atoms with van der Waals surface area (Å²) in [4.78, 5) is 24.4. The molecule has 364 valence electrons. The topological polar surface area (TPSA) is 95.9 Å². The number of carbonyl (C=O) groups is 2. The van der Waals surface area contributed by atoms with Crippen LogP contribution in [0.2, 0.25) is 0 Å². The number of aliphatic hydroxyl groups is 2. The summed E-state index contributed by atoms with van der Waals surface area (Å²) in [7, 11) is 0. The van der Waals surface area contributed by atoms with E-state index in [1.807, 2.05) is 6.08 Å². The summed E-state index contributed by atoms with van der Waals surface area (Å²) in [6.45, 7) is 4.77. The second kappa shape index (κ2) is 51.7. The summed E-state index contributed by atoms with van der Waals surface area (Å²) in [5.41, 5.74) is 0. The molecular weight excluding hydrogens is 767 g/mol. The molecule has 0 radical (unpaired) electrons. The van der Waals surface area contributed by atoms with Crippen molar-refractivity contribution >= 4 is 11.9 Å². The quantitative estimate of drug-likeness (QED) is 0.0321. The molecule has 0 fully saturated rings. The molecule has 3 N–H and O–H groups in total. The molecule has 0 bridgehead atoms. The van der Waals surface area contributed by atoms with Gasteiger partial charge < -0.3 is 20.3 Å². The smallest absolute Gasteiger partial charge is 0.305 e. The van der Waals surface area contributed by atoms with Crippen LogP contribution in [0.3, 0.4) is 0 Å². The van der Waals surface area contributed by atoms with Gasteiger partial charge in [0.15, 0.2) is 0 Å². The van der Waals surface area contributed by atoms with E-state index >= 15 is 0 Å². The second-order valence-electron chi connectivity index (χ2n) is 18.5. The maximum absolute atomic E-state index is 12.4. The van der Waals surface area contributed by atoms with Crippen LogP contribution in [-0.4, -0.2) is 47.4 Å². The third kappa shape index (κ3) is 47.6. The third-order valence-corrected chi connectivity index (χ3v) is 12.4. The first-order valence-corrected chi connectivity index (χ1v) is 27.3. The number of hydrogen-bond acceptors (Lipinski definition) is 5. The molecule has 0 heterocycles. The number of rotatable bonds is 50.